The van der Waals surface area contributed by atoms with Crippen LogP contribution in [-0.4, -0.2) is 24.5 Å². The summed E-state index contributed by atoms with van der Waals surface area (Å²) in [6.45, 7) is 18.2. The van der Waals surface area contributed by atoms with Crippen LogP contribution >= 0.6 is 0 Å². The second-order valence-corrected chi connectivity index (χ2v) is 9.76. The van der Waals surface area contributed by atoms with E-state index in [1.165, 1.54) is 71.0 Å². The average Bonchev–Trinajstić information content (AvgIpc) is 2.34. The topological polar surface area (TPSA) is 3.24 Å². The fraction of sp³-hybridized carbons (Fsp3) is 1.00. The molecule has 1 aliphatic heterocycles. The maximum atomic E-state index is 2.71. The van der Waals surface area contributed by atoms with Gasteiger partial charge in [0.15, 0.2) is 0 Å². The Hall–Kier alpha value is -0.0400. The maximum absolute atomic E-state index is 2.71. The standard InChI is InChI=1S/C20H41N/c1-19(2,3)13-7-8-15-21-16-11-18(12-17-21)10-9-14-20(4,5)6/h18H,7-17H2,1-6H3. The van der Waals surface area contributed by atoms with Gasteiger partial charge in [-0.15, -0.1) is 0 Å². The Kier molecular flexibility index (Phi) is 7.74. The van der Waals surface area contributed by atoms with Gasteiger partial charge in [-0.2, -0.15) is 0 Å². The van der Waals surface area contributed by atoms with Gasteiger partial charge in [-0.1, -0.05) is 60.8 Å². The molecule has 1 saturated heterocycles. The number of rotatable bonds is 7. The summed E-state index contributed by atoms with van der Waals surface area (Å²) in [5, 5.41) is 0. The van der Waals surface area contributed by atoms with Crippen molar-refractivity contribution in [1.29, 1.82) is 0 Å². The minimum atomic E-state index is 0.514. The summed E-state index contributed by atoms with van der Waals surface area (Å²) >= 11 is 0. The van der Waals surface area contributed by atoms with Gasteiger partial charge in [0.05, 0.1) is 0 Å². The predicted molar refractivity (Wildman–Crippen MR) is 95.8 cm³/mol. The number of hydrogen-bond donors (Lipinski definition) is 0. The van der Waals surface area contributed by atoms with Crippen LogP contribution in [0.4, 0.5) is 0 Å². The van der Waals surface area contributed by atoms with Gasteiger partial charge in [-0.25, -0.2) is 0 Å². The van der Waals surface area contributed by atoms with Crippen molar-refractivity contribution >= 4 is 0 Å². The van der Waals surface area contributed by atoms with E-state index in [4.69, 9.17) is 0 Å². The molecular formula is C20H41N. The van der Waals surface area contributed by atoms with Crippen LogP contribution in [0.1, 0.15) is 92.9 Å². The Balaban J connectivity index is 2.04. The lowest BCUT2D eigenvalue weighted by molar-refractivity contribution is 0.169. The van der Waals surface area contributed by atoms with E-state index in [1.807, 2.05) is 0 Å². The monoisotopic (exact) mass is 295 g/mol. The summed E-state index contributed by atoms with van der Waals surface area (Å²) in [7, 11) is 0. The van der Waals surface area contributed by atoms with E-state index >= 15 is 0 Å². The molecule has 0 atom stereocenters. The zero-order chi connectivity index (χ0) is 15.9. The van der Waals surface area contributed by atoms with E-state index in [0.717, 1.165) is 5.92 Å². The van der Waals surface area contributed by atoms with Gasteiger partial charge in [0, 0.05) is 0 Å². The zero-order valence-electron chi connectivity index (χ0n) is 15.8. The van der Waals surface area contributed by atoms with Crippen LogP contribution in [-0.2, 0) is 0 Å². The first-order valence-corrected chi connectivity index (χ1v) is 9.38. The van der Waals surface area contributed by atoms with Crippen LogP contribution in [0.3, 0.4) is 0 Å². The second kappa shape index (κ2) is 8.56. The predicted octanol–water partition coefficient (Wildman–Crippen LogP) is 6.13. The van der Waals surface area contributed by atoms with E-state index in [9.17, 15) is 0 Å². The van der Waals surface area contributed by atoms with E-state index in [0.29, 0.717) is 10.8 Å². The molecule has 0 unspecified atom stereocenters. The Morgan fingerprint density at radius 3 is 1.81 bits per heavy atom. The number of nitrogens with zero attached hydrogens (tertiary/aromatic N) is 1. The highest BCUT2D eigenvalue weighted by molar-refractivity contribution is 4.73. The van der Waals surface area contributed by atoms with Crippen LogP contribution in [0.25, 0.3) is 0 Å². The minimum absolute atomic E-state index is 0.514. The Bertz CT molecular complexity index is 261. The molecule has 0 radical (unpaired) electrons. The van der Waals surface area contributed by atoms with E-state index in [1.54, 1.807) is 0 Å². The van der Waals surface area contributed by atoms with Gasteiger partial charge in [0.25, 0.3) is 0 Å². The lowest BCUT2D eigenvalue weighted by Gasteiger charge is -2.32. The van der Waals surface area contributed by atoms with Gasteiger partial charge in [-0.05, 0) is 68.5 Å². The number of likely N-dealkylation sites (tertiary alicyclic amines) is 1. The molecule has 1 heterocycles. The van der Waals surface area contributed by atoms with Crippen molar-refractivity contribution in [2.75, 3.05) is 19.6 Å². The molecule has 0 aromatic carbocycles. The molecule has 1 heteroatoms. The molecule has 1 aliphatic rings. The van der Waals surface area contributed by atoms with Crippen molar-refractivity contribution in [3.05, 3.63) is 0 Å². The third-order valence-corrected chi connectivity index (χ3v) is 4.90. The van der Waals surface area contributed by atoms with E-state index in [2.05, 4.69) is 46.4 Å². The molecule has 1 nitrogen and oxygen atoms in total. The summed E-state index contributed by atoms with van der Waals surface area (Å²) < 4.78 is 0. The Labute approximate surface area is 134 Å². The summed E-state index contributed by atoms with van der Waals surface area (Å²) in [4.78, 5) is 2.71. The molecule has 0 saturated carbocycles. The molecule has 1 fully saturated rings. The van der Waals surface area contributed by atoms with Gasteiger partial charge in [0.1, 0.15) is 0 Å². The largest absolute Gasteiger partial charge is 0.303 e. The highest BCUT2D eigenvalue weighted by Crippen LogP contribution is 2.28. The number of unbranched alkanes of at least 4 members (excludes halogenated alkanes) is 1. The lowest BCUT2D eigenvalue weighted by Crippen LogP contribution is -2.34. The average molecular weight is 296 g/mol. The van der Waals surface area contributed by atoms with Crippen LogP contribution < -0.4 is 0 Å². The third-order valence-electron chi connectivity index (χ3n) is 4.90. The van der Waals surface area contributed by atoms with E-state index < -0.39 is 0 Å². The summed E-state index contributed by atoms with van der Waals surface area (Å²) in [5.74, 6) is 1.01. The molecule has 1 rings (SSSR count). The van der Waals surface area contributed by atoms with Crippen molar-refractivity contribution in [1.82, 2.24) is 4.90 Å². The van der Waals surface area contributed by atoms with Crippen molar-refractivity contribution in [2.24, 2.45) is 16.7 Å². The van der Waals surface area contributed by atoms with E-state index in [-0.39, 0.29) is 0 Å². The maximum Gasteiger partial charge on any atom is -0.00161 e. The SMILES string of the molecule is CC(C)(C)CCCCN1CCC(CCCC(C)(C)C)CC1. The molecule has 0 spiro atoms. The molecule has 0 aliphatic carbocycles. The first kappa shape index (κ1) is 19.0. The van der Waals surface area contributed by atoms with Crippen molar-refractivity contribution < 1.29 is 0 Å². The smallest absolute Gasteiger partial charge is 0.00161 e. The molecule has 0 aromatic heterocycles. The van der Waals surface area contributed by atoms with Crippen LogP contribution in [0.5, 0.6) is 0 Å². The first-order valence-electron chi connectivity index (χ1n) is 9.38. The number of hydrogen-bond acceptors (Lipinski definition) is 1. The lowest BCUT2D eigenvalue weighted by atomic mass is 9.85. The van der Waals surface area contributed by atoms with Crippen molar-refractivity contribution in [2.45, 2.75) is 92.9 Å². The zero-order valence-corrected chi connectivity index (χ0v) is 15.8. The van der Waals surface area contributed by atoms with Gasteiger partial charge in [0.2, 0.25) is 0 Å². The molecule has 0 bridgehead atoms. The van der Waals surface area contributed by atoms with Crippen LogP contribution in [0, 0.1) is 16.7 Å². The number of piperidine rings is 1. The minimum Gasteiger partial charge on any atom is -0.303 e. The summed E-state index contributed by atoms with van der Waals surface area (Å²) in [6.07, 6.45) is 11.3. The first-order chi connectivity index (χ1) is 9.66. The second-order valence-electron chi connectivity index (χ2n) is 9.76. The Morgan fingerprint density at radius 2 is 1.29 bits per heavy atom. The molecular weight excluding hydrogens is 254 g/mol. The molecule has 126 valence electrons. The quantitative estimate of drug-likeness (QED) is 0.510. The fourth-order valence-corrected chi connectivity index (χ4v) is 3.41. The highest BCUT2D eigenvalue weighted by Gasteiger charge is 2.19. The molecule has 0 N–H and O–H groups in total. The van der Waals surface area contributed by atoms with Crippen molar-refractivity contribution in [3.63, 3.8) is 0 Å². The molecule has 21 heavy (non-hydrogen) atoms. The third kappa shape index (κ3) is 10.3. The van der Waals surface area contributed by atoms with Crippen LogP contribution in [0.15, 0.2) is 0 Å². The highest BCUT2D eigenvalue weighted by atomic mass is 15.1. The summed E-state index contributed by atoms with van der Waals surface area (Å²) in [5.41, 5.74) is 1.04. The molecule has 0 aromatic rings. The summed E-state index contributed by atoms with van der Waals surface area (Å²) in [6, 6.07) is 0. The van der Waals surface area contributed by atoms with Crippen molar-refractivity contribution in [3.8, 4) is 0 Å². The van der Waals surface area contributed by atoms with Gasteiger partial charge < -0.3 is 4.90 Å². The Morgan fingerprint density at radius 1 is 0.762 bits per heavy atom. The van der Waals surface area contributed by atoms with Gasteiger partial charge in [-0.3, -0.25) is 0 Å². The fourth-order valence-electron chi connectivity index (χ4n) is 3.41. The van der Waals surface area contributed by atoms with Crippen LogP contribution in [0.2, 0.25) is 0 Å². The van der Waals surface area contributed by atoms with Gasteiger partial charge >= 0.3 is 0 Å². The normalized spacial score (nSPS) is 19.1. The molecule has 0 amide bonds.